The van der Waals surface area contributed by atoms with Gasteiger partial charge in [0.05, 0.1) is 13.0 Å². The lowest BCUT2D eigenvalue weighted by molar-refractivity contribution is -0.137. The minimum absolute atomic E-state index is 0.0576. The van der Waals surface area contributed by atoms with Crippen LogP contribution in [-0.4, -0.2) is 29.4 Å². The van der Waals surface area contributed by atoms with Gasteiger partial charge in [-0.2, -0.15) is 0 Å². The molecular formula is C14H19NO5. The van der Waals surface area contributed by atoms with Crippen molar-refractivity contribution in [2.24, 2.45) is 0 Å². The highest BCUT2D eigenvalue weighted by Gasteiger charge is 2.16. The van der Waals surface area contributed by atoms with Crippen LogP contribution in [0.4, 0.5) is 10.5 Å². The molecule has 0 heterocycles. The fraction of sp³-hybridized carbons (Fsp3) is 0.429. The Kier molecular flexibility index (Phi) is 5.37. The largest absolute Gasteiger partial charge is 0.493 e. The third-order valence-corrected chi connectivity index (χ3v) is 2.08. The monoisotopic (exact) mass is 281 g/mol. The van der Waals surface area contributed by atoms with Gasteiger partial charge in [-0.15, -0.1) is 0 Å². The Labute approximate surface area is 117 Å². The Morgan fingerprint density at radius 1 is 1.20 bits per heavy atom. The number of amides is 1. The number of carboxylic acid groups (broad SMARTS) is 1. The average Bonchev–Trinajstić information content (AvgIpc) is 2.28. The summed E-state index contributed by atoms with van der Waals surface area (Å²) in [7, 11) is 0. The molecule has 0 aliphatic heterocycles. The van der Waals surface area contributed by atoms with Gasteiger partial charge in [-0.1, -0.05) is 0 Å². The van der Waals surface area contributed by atoms with E-state index in [0.29, 0.717) is 11.4 Å². The van der Waals surface area contributed by atoms with Crippen LogP contribution in [0, 0.1) is 0 Å². The summed E-state index contributed by atoms with van der Waals surface area (Å²) >= 11 is 0. The molecule has 1 amide bonds. The number of aliphatic carboxylic acids is 1. The van der Waals surface area contributed by atoms with E-state index in [0.717, 1.165) is 0 Å². The summed E-state index contributed by atoms with van der Waals surface area (Å²) in [5.41, 5.74) is 0.0223. The summed E-state index contributed by atoms with van der Waals surface area (Å²) in [6, 6.07) is 6.60. The summed E-state index contributed by atoms with van der Waals surface area (Å²) in [6.07, 6.45) is -0.588. The van der Waals surface area contributed by atoms with Gasteiger partial charge in [0.25, 0.3) is 0 Å². The highest BCUT2D eigenvalue weighted by Crippen LogP contribution is 2.17. The summed E-state index contributed by atoms with van der Waals surface area (Å²) in [5, 5.41) is 11.1. The lowest BCUT2D eigenvalue weighted by Crippen LogP contribution is -2.27. The molecule has 0 bridgehead atoms. The van der Waals surface area contributed by atoms with Crippen LogP contribution in [0.5, 0.6) is 5.75 Å². The molecule has 0 saturated carbocycles. The van der Waals surface area contributed by atoms with Crippen LogP contribution in [0.3, 0.4) is 0 Å². The van der Waals surface area contributed by atoms with Crippen LogP contribution in [0.15, 0.2) is 24.3 Å². The number of hydrogen-bond acceptors (Lipinski definition) is 4. The number of carboxylic acids is 1. The van der Waals surface area contributed by atoms with E-state index < -0.39 is 17.7 Å². The molecule has 1 rings (SSSR count). The zero-order chi connectivity index (χ0) is 15.2. The number of carbonyl (C=O) groups is 2. The van der Waals surface area contributed by atoms with Gasteiger partial charge in [-0.05, 0) is 45.0 Å². The Bertz CT molecular complexity index is 461. The Morgan fingerprint density at radius 3 is 2.30 bits per heavy atom. The predicted molar refractivity (Wildman–Crippen MR) is 74.0 cm³/mol. The van der Waals surface area contributed by atoms with E-state index in [1.165, 1.54) is 0 Å². The molecule has 1 aromatic rings. The topological polar surface area (TPSA) is 84.9 Å². The number of anilines is 1. The van der Waals surface area contributed by atoms with Gasteiger partial charge in [0.1, 0.15) is 11.4 Å². The maximum atomic E-state index is 11.5. The first-order chi connectivity index (χ1) is 9.26. The van der Waals surface area contributed by atoms with Crippen LogP contribution in [0.25, 0.3) is 0 Å². The number of benzene rings is 1. The molecule has 0 unspecified atom stereocenters. The lowest BCUT2D eigenvalue weighted by atomic mass is 10.2. The van der Waals surface area contributed by atoms with Crippen molar-refractivity contribution in [3.63, 3.8) is 0 Å². The maximum Gasteiger partial charge on any atom is 0.412 e. The molecule has 0 atom stereocenters. The van der Waals surface area contributed by atoms with Crippen LogP contribution >= 0.6 is 0 Å². The van der Waals surface area contributed by atoms with Crippen LogP contribution in [-0.2, 0) is 9.53 Å². The molecule has 6 heteroatoms. The smallest absolute Gasteiger partial charge is 0.412 e. The lowest BCUT2D eigenvalue weighted by Gasteiger charge is -2.19. The number of carbonyl (C=O) groups excluding carboxylic acids is 1. The van der Waals surface area contributed by atoms with Gasteiger partial charge < -0.3 is 14.6 Å². The normalized spacial score (nSPS) is 10.8. The third-order valence-electron chi connectivity index (χ3n) is 2.08. The second-order valence-electron chi connectivity index (χ2n) is 5.14. The molecule has 2 N–H and O–H groups in total. The van der Waals surface area contributed by atoms with Gasteiger partial charge >= 0.3 is 12.1 Å². The molecule has 0 aliphatic rings. The van der Waals surface area contributed by atoms with Crippen molar-refractivity contribution >= 4 is 17.7 Å². The van der Waals surface area contributed by atoms with Crippen molar-refractivity contribution < 1.29 is 24.2 Å². The summed E-state index contributed by atoms with van der Waals surface area (Å²) < 4.78 is 10.3. The molecule has 110 valence electrons. The van der Waals surface area contributed by atoms with E-state index in [2.05, 4.69) is 5.32 Å². The zero-order valence-electron chi connectivity index (χ0n) is 11.8. The minimum Gasteiger partial charge on any atom is -0.493 e. The standard InChI is InChI=1S/C14H19NO5/c1-14(2,3)20-13(18)15-10-4-6-11(7-5-10)19-9-8-12(16)17/h4-7H,8-9H2,1-3H3,(H,15,18)(H,16,17). The number of ether oxygens (including phenoxy) is 2. The van der Waals surface area contributed by atoms with Gasteiger partial charge in [0, 0.05) is 5.69 Å². The highest BCUT2D eigenvalue weighted by molar-refractivity contribution is 5.84. The Balaban J connectivity index is 2.46. The van der Waals surface area contributed by atoms with E-state index in [-0.39, 0.29) is 13.0 Å². The minimum atomic E-state index is -0.909. The van der Waals surface area contributed by atoms with Crippen molar-refractivity contribution in [2.75, 3.05) is 11.9 Å². The van der Waals surface area contributed by atoms with Crippen molar-refractivity contribution in [3.05, 3.63) is 24.3 Å². The van der Waals surface area contributed by atoms with E-state index in [1.54, 1.807) is 45.0 Å². The fourth-order valence-corrected chi connectivity index (χ4v) is 1.31. The SMILES string of the molecule is CC(C)(C)OC(=O)Nc1ccc(OCCC(=O)O)cc1. The van der Waals surface area contributed by atoms with Crippen LogP contribution in [0.2, 0.25) is 0 Å². The molecular weight excluding hydrogens is 262 g/mol. The maximum absolute atomic E-state index is 11.5. The first kappa shape index (κ1) is 15.8. The molecule has 1 aromatic carbocycles. The molecule has 0 fully saturated rings. The zero-order valence-corrected chi connectivity index (χ0v) is 11.8. The average molecular weight is 281 g/mol. The second-order valence-corrected chi connectivity index (χ2v) is 5.14. The summed E-state index contributed by atoms with van der Waals surface area (Å²) in [5.74, 6) is -0.366. The van der Waals surface area contributed by atoms with Crippen molar-refractivity contribution in [3.8, 4) is 5.75 Å². The van der Waals surface area contributed by atoms with E-state index >= 15 is 0 Å². The molecule has 0 radical (unpaired) electrons. The third kappa shape index (κ3) is 6.63. The fourth-order valence-electron chi connectivity index (χ4n) is 1.31. The molecule has 0 spiro atoms. The number of rotatable bonds is 5. The molecule has 0 aliphatic carbocycles. The van der Waals surface area contributed by atoms with Gasteiger partial charge in [0.2, 0.25) is 0 Å². The molecule has 0 aromatic heterocycles. The number of nitrogens with one attached hydrogen (secondary N) is 1. The van der Waals surface area contributed by atoms with Gasteiger partial charge in [-0.25, -0.2) is 4.79 Å². The van der Waals surface area contributed by atoms with Crippen molar-refractivity contribution in [1.29, 1.82) is 0 Å². The first-order valence-electron chi connectivity index (χ1n) is 6.21. The predicted octanol–water partition coefficient (Wildman–Crippen LogP) is 2.89. The first-order valence-corrected chi connectivity index (χ1v) is 6.21. The number of hydrogen-bond donors (Lipinski definition) is 2. The Hall–Kier alpha value is -2.24. The van der Waals surface area contributed by atoms with E-state index in [4.69, 9.17) is 14.6 Å². The van der Waals surface area contributed by atoms with Gasteiger partial charge in [0.15, 0.2) is 0 Å². The quantitative estimate of drug-likeness (QED) is 0.866. The van der Waals surface area contributed by atoms with E-state index in [1.807, 2.05) is 0 Å². The second kappa shape index (κ2) is 6.79. The van der Waals surface area contributed by atoms with Crippen LogP contribution in [0.1, 0.15) is 27.2 Å². The summed E-state index contributed by atoms with van der Waals surface area (Å²) in [6.45, 7) is 5.46. The summed E-state index contributed by atoms with van der Waals surface area (Å²) in [4.78, 5) is 21.9. The Morgan fingerprint density at radius 2 is 1.80 bits per heavy atom. The van der Waals surface area contributed by atoms with Crippen molar-refractivity contribution in [2.45, 2.75) is 32.8 Å². The molecule has 0 saturated heterocycles. The van der Waals surface area contributed by atoms with E-state index in [9.17, 15) is 9.59 Å². The van der Waals surface area contributed by atoms with Gasteiger partial charge in [-0.3, -0.25) is 10.1 Å². The highest BCUT2D eigenvalue weighted by atomic mass is 16.6. The molecule has 6 nitrogen and oxygen atoms in total. The van der Waals surface area contributed by atoms with Crippen molar-refractivity contribution in [1.82, 2.24) is 0 Å². The molecule has 20 heavy (non-hydrogen) atoms. The van der Waals surface area contributed by atoms with Crippen LogP contribution < -0.4 is 10.1 Å².